The Morgan fingerprint density at radius 2 is 1.84 bits per heavy atom. The average Bonchev–Trinajstić information content (AvgIpc) is 2.78. The fourth-order valence-corrected chi connectivity index (χ4v) is 2.75. The third-order valence-corrected chi connectivity index (χ3v) is 4.07. The Morgan fingerprint density at radius 1 is 1.26 bits per heavy atom. The first-order valence-electron chi connectivity index (χ1n) is 7.07. The molecule has 0 bridgehead atoms. The van der Waals surface area contributed by atoms with Crippen molar-refractivity contribution in [2.24, 2.45) is 5.73 Å². The molecule has 2 N–H and O–H groups in total. The van der Waals surface area contributed by atoms with Crippen molar-refractivity contribution in [3.63, 3.8) is 0 Å². The van der Waals surface area contributed by atoms with Gasteiger partial charge in [-0.05, 0) is 25.3 Å². The Morgan fingerprint density at radius 3 is 2.42 bits per heavy atom. The molecule has 0 aliphatic heterocycles. The molecule has 1 aliphatic rings. The van der Waals surface area contributed by atoms with Gasteiger partial charge in [-0.2, -0.15) is 0 Å². The van der Waals surface area contributed by atoms with Gasteiger partial charge in [-0.3, -0.25) is 4.79 Å². The summed E-state index contributed by atoms with van der Waals surface area (Å²) in [5.74, 6) is 0.157. The minimum atomic E-state index is -0.251. The molecule has 1 amide bonds. The van der Waals surface area contributed by atoms with Crippen LogP contribution >= 0.6 is 0 Å². The van der Waals surface area contributed by atoms with E-state index < -0.39 is 0 Å². The van der Waals surface area contributed by atoms with Gasteiger partial charge in [0.25, 0.3) is 0 Å². The van der Waals surface area contributed by atoms with E-state index >= 15 is 0 Å². The van der Waals surface area contributed by atoms with Crippen molar-refractivity contribution in [1.82, 2.24) is 4.90 Å². The third-order valence-electron chi connectivity index (χ3n) is 4.07. The van der Waals surface area contributed by atoms with Crippen LogP contribution in [0.2, 0.25) is 0 Å². The van der Waals surface area contributed by atoms with Gasteiger partial charge >= 0.3 is 0 Å². The zero-order chi connectivity index (χ0) is 13.9. The monoisotopic (exact) mass is 260 g/mol. The first-order chi connectivity index (χ1) is 8.98. The van der Waals surface area contributed by atoms with Crippen LogP contribution in [-0.4, -0.2) is 23.4 Å². The summed E-state index contributed by atoms with van der Waals surface area (Å²) in [6, 6.07) is 8.31. The molecule has 1 fully saturated rings. The lowest BCUT2D eigenvalue weighted by atomic mass is 9.94. The predicted octanol–water partition coefficient (Wildman–Crippen LogP) is 2.62. The lowest BCUT2D eigenvalue weighted by Crippen LogP contribution is -2.42. The summed E-state index contributed by atoms with van der Waals surface area (Å²) in [4.78, 5) is 14.0. The van der Waals surface area contributed by atoms with E-state index in [-0.39, 0.29) is 11.4 Å². The van der Waals surface area contributed by atoms with Crippen molar-refractivity contribution < 1.29 is 4.79 Å². The molecule has 0 radical (unpaired) electrons. The largest absolute Gasteiger partial charge is 0.341 e. The van der Waals surface area contributed by atoms with E-state index in [0.717, 1.165) is 25.7 Å². The Hall–Kier alpha value is -1.35. The number of carbonyl (C=O) groups is 1. The topological polar surface area (TPSA) is 46.3 Å². The SMILES string of the molecule is Cc1ccc(CN(C)C(=O)CC2(N)CCCC2)cc1. The number of amides is 1. The molecule has 0 saturated heterocycles. The first-order valence-corrected chi connectivity index (χ1v) is 7.07. The van der Waals surface area contributed by atoms with Gasteiger partial charge in [0, 0.05) is 25.6 Å². The van der Waals surface area contributed by atoms with Gasteiger partial charge in [0.2, 0.25) is 5.91 Å². The van der Waals surface area contributed by atoms with Crippen molar-refractivity contribution in [3.8, 4) is 0 Å². The van der Waals surface area contributed by atoms with Crippen LogP contribution in [0.1, 0.15) is 43.2 Å². The molecule has 19 heavy (non-hydrogen) atoms. The van der Waals surface area contributed by atoms with Crippen LogP contribution in [0, 0.1) is 6.92 Å². The molecule has 3 heteroatoms. The second kappa shape index (κ2) is 5.74. The zero-order valence-corrected chi connectivity index (χ0v) is 12.0. The predicted molar refractivity (Wildman–Crippen MR) is 77.7 cm³/mol. The number of nitrogens with two attached hydrogens (primary N) is 1. The highest BCUT2D eigenvalue weighted by atomic mass is 16.2. The van der Waals surface area contributed by atoms with Crippen LogP contribution in [0.4, 0.5) is 0 Å². The maximum atomic E-state index is 12.2. The molecule has 1 aromatic rings. The van der Waals surface area contributed by atoms with Crippen LogP contribution in [0.3, 0.4) is 0 Å². The lowest BCUT2D eigenvalue weighted by Gasteiger charge is -2.26. The van der Waals surface area contributed by atoms with Gasteiger partial charge in [0.15, 0.2) is 0 Å². The third kappa shape index (κ3) is 3.80. The summed E-state index contributed by atoms with van der Waals surface area (Å²) in [5, 5.41) is 0. The highest BCUT2D eigenvalue weighted by Gasteiger charge is 2.32. The molecule has 1 aliphatic carbocycles. The van der Waals surface area contributed by atoms with E-state index in [4.69, 9.17) is 5.73 Å². The fourth-order valence-electron chi connectivity index (χ4n) is 2.75. The van der Waals surface area contributed by atoms with Crippen molar-refractivity contribution in [1.29, 1.82) is 0 Å². The Balaban J connectivity index is 1.90. The lowest BCUT2D eigenvalue weighted by molar-refractivity contribution is -0.131. The summed E-state index contributed by atoms with van der Waals surface area (Å²) >= 11 is 0. The molecule has 0 heterocycles. The molecule has 104 valence electrons. The molecule has 1 saturated carbocycles. The molecular formula is C16H24N2O. The maximum Gasteiger partial charge on any atom is 0.224 e. The minimum Gasteiger partial charge on any atom is -0.341 e. The van der Waals surface area contributed by atoms with Crippen LogP contribution < -0.4 is 5.73 Å². The van der Waals surface area contributed by atoms with Crippen molar-refractivity contribution in [2.75, 3.05) is 7.05 Å². The number of benzene rings is 1. The number of hydrogen-bond acceptors (Lipinski definition) is 2. The van der Waals surface area contributed by atoms with Gasteiger partial charge in [-0.1, -0.05) is 42.7 Å². The van der Waals surface area contributed by atoms with E-state index in [1.807, 2.05) is 7.05 Å². The van der Waals surface area contributed by atoms with E-state index in [1.165, 1.54) is 11.1 Å². The van der Waals surface area contributed by atoms with Crippen LogP contribution in [0.15, 0.2) is 24.3 Å². The van der Waals surface area contributed by atoms with E-state index in [0.29, 0.717) is 13.0 Å². The molecule has 0 unspecified atom stereocenters. The molecule has 2 rings (SSSR count). The Labute approximate surface area is 115 Å². The number of carbonyl (C=O) groups excluding carboxylic acids is 1. The van der Waals surface area contributed by atoms with Crippen LogP contribution in [-0.2, 0) is 11.3 Å². The molecule has 0 aromatic heterocycles. The standard InChI is InChI=1S/C16H24N2O/c1-13-5-7-14(8-6-13)12-18(2)15(19)11-16(17)9-3-4-10-16/h5-8H,3-4,9-12,17H2,1-2H3. The van der Waals surface area contributed by atoms with Gasteiger partial charge in [0.1, 0.15) is 0 Å². The van der Waals surface area contributed by atoms with Gasteiger partial charge in [0.05, 0.1) is 0 Å². The summed E-state index contributed by atoms with van der Waals surface area (Å²) in [5.41, 5.74) is 8.42. The second-order valence-electron chi connectivity index (χ2n) is 5.98. The molecule has 1 aromatic carbocycles. The van der Waals surface area contributed by atoms with Crippen LogP contribution in [0.25, 0.3) is 0 Å². The Bertz CT molecular complexity index is 433. The highest BCUT2D eigenvalue weighted by molar-refractivity contribution is 5.77. The summed E-state index contributed by atoms with van der Waals surface area (Å²) in [6.45, 7) is 2.73. The quantitative estimate of drug-likeness (QED) is 0.904. The molecule has 3 nitrogen and oxygen atoms in total. The van der Waals surface area contributed by atoms with Crippen LogP contribution in [0.5, 0.6) is 0 Å². The zero-order valence-electron chi connectivity index (χ0n) is 12.0. The first kappa shape index (κ1) is 14.1. The van der Waals surface area contributed by atoms with E-state index in [1.54, 1.807) is 4.90 Å². The van der Waals surface area contributed by atoms with Crippen molar-refractivity contribution >= 4 is 5.91 Å². The minimum absolute atomic E-state index is 0.157. The fraction of sp³-hybridized carbons (Fsp3) is 0.562. The van der Waals surface area contributed by atoms with Crippen molar-refractivity contribution in [2.45, 2.75) is 51.1 Å². The molecular weight excluding hydrogens is 236 g/mol. The summed E-state index contributed by atoms with van der Waals surface area (Å²) < 4.78 is 0. The second-order valence-corrected chi connectivity index (χ2v) is 5.98. The van der Waals surface area contributed by atoms with Gasteiger partial charge in [-0.15, -0.1) is 0 Å². The van der Waals surface area contributed by atoms with E-state index in [9.17, 15) is 4.79 Å². The smallest absolute Gasteiger partial charge is 0.224 e. The maximum absolute atomic E-state index is 12.2. The summed E-state index contributed by atoms with van der Waals surface area (Å²) in [6.07, 6.45) is 4.76. The summed E-state index contributed by atoms with van der Waals surface area (Å²) in [7, 11) is 1.86. The van der Waals surface area contributed by atoms with E-state index in [2.05, 4.69) is 31.2 Å². The normalized spacial score (nSPS) is 17.4. The number of rotatable bonds is 4. The highest BCUT2D eigenvalue weighted by Crippen LogP contribution is 2.30. The molecule has 0 spiro atoms. The Kier molecular flexibility index (Phi) is 4.25. The van der Waals surface area contributed by atoms with Gasteiger partial charge in [-0.25, -0.2) is 0 Å². The average molecular weight is 260 g/mol. The number of nitrogens with zero attached hydrogens (tertiary/aromatic N) is 1. The van der Waals surface area contributed by atoms with Crippen molar-refractivity contribution in [3.05, 3.63) is 35.4 Å². The molecule has 0 atom stereocenters. The van der Waals surface area contributed by atoms with Gasteiger partial charge < -0.3 is 10.6 Å². The number of hydrogen-bond donors (Lipinski definition) is 1. The number of aryl methyl sites for hydroxylation is 1.